The lowest BCUT2D eigenvalue weighted by molar-refractivity contribution is 0.0688. The molecule has 2 N–H and O–H groups in total. The third-order valence-electron chi connectivity index (χ3n) is 3.94. The van der Waals surface area contributed by atoms with E-state index in [1.54, 1.807) is 7.11 Å². The lowest BCUT2D eigenvalue weighted by atomic mass is 9.95. The van der Waals surface area contributed by atoms with E-state index < -0.39 is 0 Å². The Labute approximate surface area is 128 Å². The van der Waals surface area contributed by atoms with Gasteiger partial charge in [-0.3, -0.25) is 4.90 Å². The zero-order chi connectivity index (χ0) is 14.5. The fourth-order valence-electron chi connectivity index (χ4n) is 3.00. The first-order valence-corrected chi connectivity index (χ1v) is 7.83. The Bertz CT molecular complexity index is 442. The van der Waals surface area contributed by atoms with Gasteiger partial charge in [0.15, 0.2) is 0 Å². The number of benzene rings is 1. The topological polar surface area (TPSA) is 38.5 Å². The number of piperidine rings is 1. The second kappa shape index (κ2) is 7.50. The first-order valence-electron chi connectivity index (χ1n) is 7.03. The van der Waals surface area contributed by atoms with Crippen LogP contribution in [0, 0.1) is 11.7 Å². The van der Waals surface area contributed by atoms with E-state index in [4.69, 9.17) is 10.5 Å². The van der Waals surface area contributed by atoms with E-state index in [0.29, 0.717) is 18.0 Å². The van der Waals surface area contributed by atoms with Gasteiger partial charge in [-0.05, 0) is 37.4 Å². The summed E-state index contributed by atoms with van der Waals surface area (Å²) < 4.78 is 20.2. The summed E-state index contributed by atoms with van der Waals surface area (Å²) in [6, 6.07) is 5.16. The van der Waals surface area contributed by atoms with Crippen LogP contribution in [0.5, 0.6) is 0 Å². The van der Waals surface area contributed by atoms with Gasteiger partial charge in [-0.1, -0.05) is 22.0 Å². The van der Waals surface area contributed by atoms with Gasteiger partial charge in [0.25, 0.3) is 0 Å². The summed E-state index contributed by atoms with van der Waals surface area (Å²) in [6.07, 6.45) is 2.28. The molecule has 20 heavy (non-hydrogen) atoms. The molecule has 1 aromatic rings. The molecular formula is C15H22BrFN2O. The highest BCUT2D eigenvalue weighted by Crippen LogP contribution is 2.29. The molecule has 0 aromatic heterocycles. The molecule has 1 aromatic carbocycles. The van der Waals surface area contributed by atoms with E-state index >= 15 is 0 Å². The van der Waals surface area contributed by atoms with Crippen molar-refractivity contribution >= 4 is 15.9 Å². The Morgan fingerprint density at radius 2 is 2.35 bits per heavy atom. The third kappa shape index (κ3) is 3.79. The molecule has 1 aliphatic rings. The highest BCUT2D eigenvalue weighted by atomic mass is 79.9. The van der Waals surface area contributed by atoms with Crippen molar-refractivity contribution in [2.45, 2.75) is 18.9 Å². The van der Waals surface area contributed by atoms with Crippen LogP contribution in [0.15, 0.2) is 22.7 Å². The van der Waals surface area contributed by atoms with Crippen LogP contribution in [-0.4, -0.2) is 38.3 Å². The van der Waals surface area contributed by atoms with Gasteiger partial charge in [0.2, 0.25) is 0 Å². The molecule has 0 bridgehead atoms. The molecule has 1 saturated heterocycles. The van der Waals surface area contributed by atoms with Gasteiger partial charge in [0.1, 0.15) is 5.82 Å². The van der Waals surface area contributed by atoms with Crippen molar-refractivity contribution in [3.05, 3.63) is 34.1 Å². The SMILES string of the molecule is COCC1CCCN(C(CN)c2ccc(Br)cc2F)C1. The largest absolute Gasteiger partial charge is 0.384 e. The van der Waals surface area contributed by atoms with E-state index in [0.717, 1.165) is 30.6 Å². The Morgan fingerprint density at radius 3 is 3.00 bits per heavy atom. The Balaban J connectivity index is 2.14. The lowest BCUT2D eigenvalue weighted by Crippen LogP contribution is -2.42. The monoisotopic (exact) mass is 344 g/mol. The predicted molar refractivity (Wildman–Crippen MR) is 82.1 cm³/mol. The van der Waals surface area contributed by atoms with Crippen LogP contribution in [-0.2, 0) is 4.74 Å². The summed E-state index contributed by atoms with van der Waals surface area (Å²) in [4.78, 5) is 2.29. The second-order valence-corrected chi connectivity index (χ2v) is 6.29. The van der Waals surface area contributed by atoms with Crippen molar-refractivity contribution in [3.8, 4) is 0 Å². The number of likely N-dealkylation sites (tertiary alicyclic amines) is 1. The molecule has 2 unspecified atom stereocenters. The van der Waals surface area contributed by atoms with Gasteiger partial charge in [0.05, 0.1) is 6.61 Å². The number of hydrogen-bond acceptors (Lipinski definition) is 3. The van der Waals surface area contributed by atoms with E-state index in [1.165, 1.54) is 12.5 Å². The number of rotatable bonds is 5. The maximum atomic E-state index is 14.2. The number of nitrogens with zero attached hydrogens (tertiary/aromatic N) is 1. The van der Waals surface area contributed by atoms with Crippen LogP contribution in [0.1, 0.15) is 24.4 Å². The molecular weight excluding hydrogens is 323 g/mol. The first kappa shape index (κ1) is 15.9. The minimum Gasteiger partial charge on any atom is -0.384 e. The molecule has 3 nitrogen and oxygen atoms in total. The van der Waals surface area contributed by atoms with Gasteiger partial charge in [-0.15, -0.1) is 0 Å². The highest BCUT2D eigenvalue weighted by molar-refractivity contribution is 9.10. The number of halogens is 2. The number of nitrogens with two attached hydrogens (primary N) is 1. The van der Waals surface area contributed by atoms with Gasteiger partial charge >= 0.3 is 0 Å². The fraction of sp³-hybridized carbons (Fsp3) is 0.600. The fourth-order valence-corrected chi connectivity index (χ4v) is 3.33. The van der Waals surface area contributed by atoms with Crippen LogP contribution in [0.25, 0.3) is 0 Å². The van der Waals surface area contributed by atoms with Gasteiger partial charge < -0.3 is 10.5 Å². The predicted octanol–water partition coefficient (Wildman–Crippen LogP) is 2.95. The molecule has 0 spiro atoms. The van der Waals surface area contributed by atoms with Gasteiger partial charge in [-0.2, -0.15) is 0 Å². The molecule has 5 heteroatoms. The van der Waals surface area contributed by atoms with Crippen molar-refractivity contribution in [1.82, 2.24) is 4.90 Å². The van der Waals surface area contributed by atoms with Crippen LogP contribution in [0.2, 0.25) is 0 Å². The van der Waals surface area contributed by atoms with E-state index in [-0.39, 0.29) is 11.9 Å². The second-order valence-electron chi connectivity index (χ2n) is 5.38. The molecule has 2 atom stereocenters. The lowest BCUT2D eigenvalue weighted by Gasteiger charge is -2.38. The Morgan fingerprint density at radius 1 is 1.55 bits per heavy atom. The average Bonchev–Trinajstić information content (AvgIpc) is 2.43. The van der Waals surface area contributed by atoms with Crippen LogP contribution >= 0.6 is 15.9 Å². The van der Waals surface area contributed by atoms with Crippen LogP contribution in [0.4, 0.5) is 4.39 Å². The molecule has 0 amide bonds. The Hall–Kier alpha value is -0.490. The van der Waals surface area contributed by atoms with E-state index in [2.05, 4.69) is 20.8 Å². The standard InChI is InChI=1S/C15H22BrFN2O/c1-20-10-11-3-2-6-19(9-11)15(8-18)13-5-4-12(16)7-14(13)17/h4-5,7,11,15H,2-3,6,8-10,18H2,1H3. The average molecular weight is 345 g/mol. The summed E-state index contributed by atoms with van der Waals surface area (Å²) in [6.45, 7) is 3.08. The summed E-state index contributed by atoms with van der Waals surface area (Å²) in [7, 11) is 1.73. The van der Waals surface area contributed by atoms with E-state index in [9.17, 15) is 4.39 Å². The molecule has 0 radical (unpaired) electrons. The maximum Gasteiger partial charge on any atom is 0.129 e. The van der Waals surface area contributed by atoms with Crippen LogP contribution in [0.3, 0.4) is 0 Å². The Kier molecular flexibility index (Phi) is 5.96. The molecule has 1 aliphatic heterocycles. The smallest absolute Gasteiger partial charge is 0.129 e. The molecule has 0 aliphatic carbocycles. The number of hydrogen-bond donors (Lipinski definition) is 1. The minimum atomic E-state index is -0.191. The minimum absolute atomic E-state index is 0.0530. The number of methoxy groups -OCH3 is 1. The first-order chi connectivity index (χ1) is 9.65. The van der Waals surface area contributed by atoms with E-state index in [1.807, 2.05) is 12.1 Å². The third-order valence-corrected chi connectivity index (χ3v) is 4.43. The summed E-state index contributed by atoms with van der Waals surface area (Å²) in [5, 5.41) is 0. The van der Waals surface area contributed by atoms with Crippen molar-refractivity contribution in [2.75, 3.05) is 33.4 Å². The van der Waals surface area contributed by atoms with Gasteiger partial charge in [0, 0.05) is 36.3 Å². The normalized spacial score (nSPS) is 21.9. The summed E-state index contributed by atoms with van der Waals surface area (Å²) in [5.41, 5.74) is 6.60. The van der Waals surface area contributed by atoms with Crippen molar-refractivity contribution < 1.29 is 9.13 Å². The quantitative estimate of drug-likeness (QED) is 0.892. The number of ether oxygens (including phenoxy) is 1. The van der Waals surface area contributed by atoms with Crippen molar-refractivity contribution in [3.63, 3.8) is 0 Å². The molecule has 2 rings (SSSR count). The molecule has 1 heterocycles. The van der Waals surface area contributed by atoms with Gasteiger partial charge in [-0.25, -0.2) is 4.39 Å². The molecule has 0 saturated carbocycles. The highest BCUT2D eigenvalue weighted by Gasteiger charge is 2.27. The molecule has 112 valence electrons. The van der Waals surface area contributed by atoms with Crippen LogP contribution < -0.4 is 5.73 Å². The van der Waals surface area contributed by atoms with Crippen molar-refractivity contribution in [2.24, 2.45) is 11.7 Å². The zero-order valence-corrected chi connectivity index (χ0v) is 13.4. The summed E-state index contributed by atoms with van der Waals surface area (Å²) >= 11 is 3.29. The van der Waals surface area contributed by atoms with Crippen molar-refractivity contribution in [1.29, 1.82) is 0 Å². The maximum absolute atomic E-state index is 14.2. The molecule has 1 fully saturated rings. The summed E-state index contributed by atoms with van der Waals surface area (Å²) in [5.74, 6) is 0.324. The zero-order valence-electron chi connectivity index (χ0n) is 11.8.